The van der Waals surface area contributed by atoms with E-state index < -0.39 is 0 Å². The Hall–Kier alpha value is -4.82. The predicted molar refractivity (Wildman–Crippen MR) is 152 cm³/mol. The molecule has 2 heterocycles. The van der Waals surface area contributed by atoms with Gasteiger partial charge in [-0.3, -0.25) is 4.79 Å². The van der Waals surface area contributed by atoms with Gasteiger partial charge in [0.15, 0.2) is 18.1 Å². The standard InChI is InChI=1S/C26H37N9O6/c1-37-18-12-16(11-17-14-31-23(28)32-22(17)27)13-19(38-2)21(18)41-15-20(36)29-9-7-5-6-8-10-30-24-33-25(39-3)35-26(34-24)40-4/h12-14H,5-11,15H2,1-4H3,(H,29,36)(H4,27,28,31,32)(H,30,33,34,35). The first-order chi connectivity index (χ1) is 19.9. The van der Waals surface area contributed by atoms with Gasteiger partial charge in [-0.1, -0.05) is 12.8 Å². The van der Waals surface area contributed by atoms with E-state index in [9.17, 15) is 4.79 Å². The summed E-state index contributed by atoms with van der Waals surface area (Å²) in [6.45, 7) is 1.03. The Balaban J connectivity index is 1.39. The summed E-state index contributed by atoms with van der Waals surface area (Å²) >= 11 is 0. The summed E-state index contributed by atoms with van der Waals surface area (Å²) in [5, 5.41) is 6.00. The number of nitrogens with two attached hydrogens (primary N) is 2. The van der Waals surface area contributed by atoms with E-state index in [4.69, 9.17) is 35.2 Å². The number of methoxy groups -OCH3 is 4. The van der Waals surface area contributed by atoms with Crippen LogP contribution in [0.3, 0.4) is 0 Å². The van der Waals surface area contributed by atoms with Crippen LogP contribution in [0.25, 0.3) is 0 Å². The lowest BCUT2D eigenvalue weighted by molar-refractivity contribution is -0.123. The SMILES string of the molecule is COc1nc(NCCCCCCNC(=O)COc2c(OC)cc(Cc3cnc(N)nc3N)cc2OC)nc(OC)n1. The molecule has 0 saturated heterocycles. The van der Waals surface area contributed by atoms with E-state index in [1.54, 1.807) is 18.3 Å². The number of carbonyl (C=O) groups excluding carboxylic acids is 1. The molecule has 2 aromatic heterocycles. The number of hydrogen-bond acceptors (Lipinski definition) is 14. The van der Waals surface area contributed by atoms with Crippen molar-refractivity contribution >= 4 is 23.6 Å². The van der Waals surface area contributed by atoms with Crippen molar-refractivity contribution in [2.75, 3.05) is 64.9 Å². The molecule has 0 unspecified atom stereocenters. The number of ether oxygens (including phenoxy) is 5. The summed E-state index contributed by atoms with van der Waals surface area (Å²) in [4.78, 5) is 32.6. The molecular formula is C26H37N9O6. The van der Waals surface area contributed by atoms with Gasteiger partial charge in [0.25, 0.3) is 5.91 Å². The van der Waals surface area contributed by atoms with Crippen molar-refractivity contribution < 1.29 is 28.5 Å². The minimum absolute atomic E-state index is 0.108. The van der Waals surface area contributed by atoms with Crippen LogP contribution in [0.5, 0.6) is 29.3 Å². The fourth-order valence-electron chi connectivity index (χ4n) is 3.79. The van der Waals surface area contributed by atoms with Gasteiger partial charge < -0.3 is 45.8 Å². The van der Waals surface area contributed by atoms with E-state index in [0.717, 1.165) is 31.2 Å². The van der Waals surface area contributed by atoms with Crippen LogP contribution in [0.15, 0.2) is 18.3 Å². The molecule has 6 N–H and O–H groups in total. The lowest BCUT2D eigenvalue weighted by atomic mass is 10.1. The maximum absolute atomic E-state index is 12.4. The molecule has 1 amide bonds. The third-order valence-corrected chi connectivity index (χ3v) is 5.85. The number of nitrogens with one attached hydrogen (secondary N) is 2. The largest absolute Gasteiger partial charge is 0.493 e. The number of aromatic nitrogens is 5. The predicted octanol–water partition coefficient (Wildman–Crippen LogP) is 1.62. The summed E-state index contributed by atoms with van der Waals surface area (Å²) < 4.78 is 26.8. The Bertz CT molecular complexity index is 1250. The lowest BCUT2D eigenvalue weighted by Gasteiger charge is -2.16. The number of amides is 1. The number of rotatable bonds is 17. The molecule has 0 atom stereocenters. The van der Waals surface area contributed by atoms with Gasteiger partial charge in [-0.15, -0.1) is 4.98 Å². The number of carbonyl (C=O) groups is 1. The maximum Gasteiger partial charge on any atom is 0.324 e. The van der Waals surface area contributed by atoms with Crippen molar-refractivity contribution in [3.05, 3.63) is 29.5 Å². The topological polar surface area (TPSA) is 204 Å². The van der Waals surface area contributed by atoms with E-state index in [1.165, 1.54) is 28.4 Å². The van der Waals surface area contributed by atoms with Crippen LogP contribution < -0.4 is 45.8 Å². The van der Waals surface area contributed by atoms with Crippen molar-refractivity contribution in [1.82, 2.24) is 30.2 Å². The average Bonchev–Trinajstić information content (AvgIpc) is 2.98. The molecule has 1 aromatic carbocycles. The first-order valence-corrected chi connectivity index (χ1v) is 13.0. The van der Waals surface area contributed by atoms with E-state index in [1.807, 2.05) is 0 Å². The van der Waals surface area contributed by atoms with Crippen LogP contribution in [-0.4, -0.2) is 79.0 Å². The van der Waals surface area contributed by atoms with Crippen molar-refractivity contribution in [3.63, 3.8) is 0 Å². The molecule has 3 aromatic rings. The van der Waals surface area contributed by atoms with E-state index in [-0.39, 0.29) is 30.5 Å². The number of nitrogen functional groups attached to an aromatic ring is 2. The van der Waals surface area contributed by atoms with Crippen molar-refractivity contribution in [3.8, 4) is 29.3 Å². The molecule has 222 valence electrons. The van der Waals surface area contributed by atoms with Gasteiger partial charge >= 0.3 is 12.0 Å². The maximum atomic E-state index is 12.4. The number of nitrogens with zero attached hydrogens (tertiary/aromatic N) is 5. The summed E-state index contributed by atoms with van der Waals surface area (Å²) in [6, 6.07) is 3.94. The number of anilines is 3. The second-order valence-corrected chi connectivity index (χ2v) is 8.76. The molecule has 41 heavy (non-hydrogen) atoms. The monoisotopic (exact) mass is 571 g/mol. The molecule has 0 aliphatic rings. The number of hydrogen-bond donors (Lipinski definition) is 4. The van der Waals surface area contributed by atoms with Crippen molar-refractivity contribution in [2.45, 2.75) is 32.1 Å². The number of unbranched alkanes of at least 4 members (excludes halogenated alkanes) is 3. The lowest BCUT2D eigenvalue weighted by Crippen LogP contribution is -2.29. The van der Waals surface area contributed by atoms with E-state index in [2.05, 4.69) is 35.6 Å². The molecule has 3 rings (SSSR count). The normalized spacial score (nSPS) is 10.5. The molecule has 0 saturated carbocycles. The molecule has 0 bridgehead atoms. The van der Waals surface area contributed by atoms with Gasteiger partial charge in [0.1, 0.15) is 5.82 Å². The van der Waals surface area contributed by atoms with Crippen LogP contribution in [-0.2, 0) is 11.2 Å². The van der Waals surface area contributed by atoms with Crippen LogP contribution in [0, 0.1) is 0 Å². The highest BCUT2D eigenvalue weighted by Crippen LogP contribution is 2.39. The first-order valence-electron chi connectivity index (χ1n) is 13.0. The molecule has 15 heteroatoms. The molecule has 0 aliphatic heterocycles. The Morgan fingerprint density at radius 1 is 0.829 bits per heavy atom. The smallest absolute Gasteiger partial charge is 0.324 e. The Morgan fingerprint density at radius 3 is 2.05 bits per heavy atom. The molecule has 15 nitrogen and oxygen atoms in total. The fraction of sp³-hybridized carbons (Fsp3) is 0.462. The molecule has 0 aliphatic carbocycles. The van der Waals surface area contributed by atoms with Gasteiger partial charge in [-0.25, -0.2) is 4.98 Å². The second kappa shape index (κ2) is 15.7. The highest BCUT2D eigenvalue weighted by molar-refractivity contribution is 5.77. The summed E-state index contributed by atoms with van der Waals surface area (Å²) in [5.74, 6) is 1.72. The Morgan fingerprint density at radius 2 is 1.46 bits per heavy atom. The molecule has 0 fully saturated rings. The highest BCUT2D eigenvalue weighted by Gasteiger charge is 2.17. The zero-order chi connectivity index (χ0) is 29.6. The van der Waals surface area contributed by atoms with E-state index in [0.29, 0.717) is 54.1 Å². The Labute approximate surface area is 238 Å². The van der Waals surface area contributed by atoms with Crippen molar-refractivity contribution in [2.24, 2.45) is 0 Å². The third-order valence-electron chi connectivity index (χ3n) is 5.85. The van der Waals surface area contributed by atoms with Crippen LogP contribution >= 0.6 is 0 Å². The van der Waals surface area contributed by atoms with Gasteiger partial charge in [-0.2, -0.15) is 15.0 Å². The first kappa shape index (κ1) is 30.7. The number of benzene rings is 1. The quantitative estimate of drug-likeness (QED) is 0.170. The summed E-state index contributed by atoms with van der Waals surface area (Å²) in [5.41, 5.74) is 13.1. The van der Waals surface area contributed by atoms with Crippen molar-refractivity contribution in [1.29, 1.82) is 0 Å². The minimum Gasteiger partial charge on any atom is -0.493 e. The van der Waals surface area contributed by atoms with Crippen LogP contribution in [0.1, 0.15) is 36.8 Å². The third kappa shape index (κ3) is 9.40. The highest BCUT2D eigenvalue weighted by atomic mass is 16.5. The van der Waals surface area contributed by atoms with Crippen LogP contribution in [0.4, 0.5) is 17.7 Å². The fourth-order valence-corrected chi connectivity index (χ4v) is 3.79. The second-order valence-electron chi connectivity index (χ2n) is 8.76. The zero-order valence-electron chi connectivity index (χ0n) is 23.7. The Kier molecular flexibility index (Phi) is 11.8. The van der Waals surface area contributed by atoms with Gasteiger partial charge in [0.05, 0.1) is 28.4 Å². The van der Waals surface area contributed by atoms with Crippen LogP contribution in [0.2, 0.25) is 0 Å². The summed E-state index contributed by atoms with van der Waals surface area (Å²) in [7, 11) is 5.98. The average molecular weight is 572 g/mol. The molecule has 0 radical (unpaired) electrons. The minimum atomic E-state index is -0.246. The molecular weight excluding hydrogens is 534 g/mol. The van der Waals surface area contributed by atoms with Gasteiger partial charge in [-0.05, 0) is 30.5 Å². The molecule has 0 spiro atoms. The summed E-state index contributed by atoms with van der Waals surface area (Å²) in [6.07, 6.45) is 5.65. The zero-order valence-corrected chi connectivity index (χ0v) is 23.7. The van der Waals surface area contributed by atoms with Gasteiger partial charge in [0, 0.05) is 31.3 Å². The van der Waals surface area contributed by atoms with E-state index >= 15 is 0 Å². The van der Waals surface area contributed by atoms with Gasteiger partial charge in [0.2, 0.25) is 17.6 Å².